The van der Waals surface area contributed by atoms with Gasteiger partial charge in [0.05, 0.1) is 95.6 Å². The average molecular weight is 684 g/mol. The molecule has 0 bridgehead atoms. The van der Waals surface area contributed by atoms with E-state index < -0.39 is 12.7 Å². The number of aliphatic hydroxyl groups excluding tert-OH is 2. The lowest BCUT2D eigenvalue weighted by atomic mass is 10.1. The van der Waals surface area contributed by atoms with Gasteiger partial charge >= 0.3 is 0 Å². The molecule has 1 fully saturated rings. The van der Waals surface area contributed by atoms with E-state index >= 15 is 0 Å². The van der Waals surface area contributed by atoms with E-state index in [2.05, 4.69) is 15.1 Å². The molecule has 1 aliphatic rings. The first-order valence-electron chi connectivity index (χ1n) is 17.2. The van der Waals surface area contributed by atoms with Crippen molar-refractivity contribution in [1.82, 2.24) is 19.4 Å². The van der Waals surface area contributed by atoms with Crippen LogP contribution < -0.4 is 10.9 Å². The van der Waals surface area contributed by atoms with E-state index in [-0.39, 0.29) is 24.1 Å². The van der Waals surface area contributed by atoms with Gasteiger partial charge in [-0.3, -0.25) is 24.0 Å². The molecule has 2 atom stereocenters. The monoisotopic (exact) mass is 683 g/mol. The summed E-state index contributed by atoms with van der Waals surface area (Å²) >= 11 is 0. The summed E-state index contributed by atoms with van der Waals surface area (Å²) in [5, 5.41) is 23.3. The Labute approximate surface area is 288 Å². The molecule has 1 saturated heterocycles. The minimum Gasteiger partial charge on any atom is -0.394 e. The highest BCUT2D eigenvalue weighted by Gasteiger charge is 2.25. The summed E-state index contributed by atoms with van der Waals surface area (Å²) in [6.07, 6.45) is -0.449. The Morgan fingerprint density at radius 2 is 1.45 bits per heavy atom. The van der Waals surface area contributed by atoms with E-state index in [1.807, 2.05) is 57.2 Å². The quantitative estimate of drug-likeness (QED) is 0.304. The lowest BCUT2D eigenvalue weighted by Crippen LogP contribution is -2.46. The smallest absolute Gasteiger partial charge is 0.261 e. The number of amides is 1. The van der Waals surface area contributed by atoms with Crippen molar-refractivity contribution in [1.29, 1.82) is 0 Å². The zero-order chi connectivity index (χ0) is 35.0. The van der Waals surface area contributed by atoms with Gasteiger partial charge in [-0.05, 0) is 43.5 Å². The van der Waals surface area contributed by atoms with Crippen LogP contribution in [0.4, 0.5) is 5.69 Å². The second kappa shape index (κ2) is 20.4. The summed E-state index contributed by atoms with van der Waals surface area (Å²) in [7, 11) is 0. The van der Waals surface area contributed by atoms with Crippen molar-refractivity contribution in [2.45, 2.75) is 52.4 Å². The molecule has 0 saturated carbocycles. The van der Waals surface area contributed by atoms with Crippen LogP contribution >= 0.6 is 0 Å². The first-order valence-corrected chi connectivity index (χ1v) is 17.2. The van der Waals surface area contributed by atoms with E-state index in [0.29, 0.717) is 109 Å². The van der Waals surface area contributed by atoms with E-state index in [4.69, 9.17) is 23.9 Å². The third-order valence-corrected chi connectivity index (χ3v) is 8.66. The van der Waals surface area contributed by atoms with Crippen LogP contribution in [-0.4, -0.2) is 133 Å². The van der Waals surface area contributed by atoms with Gasteiger partial charge in [0.2, 0.25) is 5.91 Å². The van der Waals surface area contributed by atoms with Crippen LogP contribution in [0.25, 0.3) is 10.9 Å². The van der Waals surface area contributed by atoms with Gasteiger partial charge in [0.15, 0.2) is 0 Å². The fourth-order valence-corrected chi connectivity index (χ4v) is 5.84. The van der Waals surface area contributed by atoms with Crippen molar-refractivity contribution in [2.75, 3.05) is 91.0 Å². The number of aliphatic hydroxyl groups is 2. The molecule has 2 aromatic carbocycles. The Balaban J connectivity index is 1.37. The molecular weight excluding hydrogens is 630 g/mol. The zero-order valence-corrected chi connectivity index (χ0v) is 29.1. The number of hydrogen-bond acceptors (Lipinski definition) is 11. The lowest BCUT2D eigenvalue weighted by molar-refractivity contribution is -0.122. The largest absolute Gasteiger partial charge is 0.394 e. The van der Waals surface area contributed by atoms with Crippen molar-refractivity contribution in [3.63, 3.8) is 0 Å². The van der Waals surface area contributed by atoms with Gasteiger partial charge < -0.3 is 34.5 Å². The summed E-state index contributed by atoms with van der Waals surface area (Å²) < 4.78 is 25.1. The highest BCUT2D eigenvalue weighted by molar-refractivity contribution is 5.95. The molecule has 3 N–H and O–H groups in total. The molecule has 270 valence electrons. The first kappa shape index (κ1) is 38.5. The van der Waals surface area contributed by atoms with Crippen LogP contribution in [0, 0.1) is 13.8 Å². The number of fused-ring (bicyclic) bond motifs is 1. The van der Waals surface area contributed by atoms with Crippen LogP contribution in [0.1, 0.15) is 30.3 Å². The number of ether oxygens (including phenoxy) is 4. The van der Waals surface area contributed by atoms with E-state index in [9.17, 15) is 19.8 Å². The number of para-hydroxylation sites is 2. The SMILES string of the molecule is CCC(C(=O)Nc1ccccc1C)N1CCOCCOCCN(Cc2nc3c(C)cccc3c(=O)n2CC(O)CO)CCOCCOCC1. The minimum atomic E-state index is -1.09. The normalized spacial score (nSPS) is 18.4. The Hall–Kier alpha value is -3.27. The number of hydrogen-bond donors (Lipinski definition) is 3. The van der Waals surface area contributed by atoms with Gasteiger partial charge in [-0.25, -0.2) is 4.98 Å². The van der Waals surface area contributed by atoms with Crippen LogP contribution in [0.15, 0.2) is 47.3 Å². The average Bonchev–Trinajstić information content (AvgIpc) is 3.09. The zero-order valence-electron chi connectivity index (χ0n) is 29.1. The molecule has 0 spiro atoms. The van der Waals surface area contributed by atoms with Gasteiger partial charge in [-0.1, -0.05) is 37.3 Å². The Bertz CT molecular complexity index is 1500. The predicted molar refractivity (Wildman–Crippen MR) is 188 cm³/mol. The summed E-state index contributed by atoms with van der Waals surface area (Å²) in [4.78, 5) is 35.9. The molecule has 13 nitrogen and oxygen atoms in total. The van der Waals surface area contributed by atoms with Gasteiger partial charge in [-0.15, -0.1) is 0 Å². The number of nitrogens with one attached hydrogen (secondary N) is 1. The van der Waals surface area contributed by atoms with E-state index in [1.54, 1.807) is 6.07 Å². The van der Waals surface area contributed by atoms with Gasteiger partial charge in [0.1, 0.15) is 5.82 Å². The molecule has 0 aliphatic carbocycles. The maximum atomic E-state index is 13.5. The van der Waals surface area contributed by atoms with Crippen molar-refractivity contribution < 1.29 is 34.0 Å². The fraction of sp³-hybridized carbons (Fsp3) is 0.583. The van der Waals surface area contributed by atoms with Crippen LogP contribution in [0.5, 0.6) is 0 Å². The van der Waals surface area contributed by atoms with Crippen LogP contribution in [0.3, 0.4) is 0 Å². The van der Waals surface area contributed by atoms with Crippen molar-refractivity contribution >= 4 is 22.5 Å². The molecule has 3 aromatic rings. The summed E-state index contributed by atoms with van der Waals surface area (Å²) in [6, 6.07) is 12.9. The lowest BCUT2D eigenvalue weighted by Gasteiger charge is -2.30. The number of aromatic nitrogens is 2. The standard InChI is InChI=1S/C36H53N5O8/c1-4-32(35(44)37-31-11-6-5-8-27(31)2)40-14-18-48-22-20-46-16-12-39(13-17-47-21-23-49-19-15-40)25-33-38-34-28(3)9-7-10-30(34)36(45)41(33)24-29(43)26-42/h5-11,29,32,42-43H,4,12-26H2,1-3H3,(H,37,44). The Morgan fingerprint density at radius 3 is 2.04 bits per heavy atom. The van der Waals surface area contributed by atoms with E-state index in [0.717, 1.165) is 16.8 Å². The predicted octanol–water partition coefficient (Wildman–Crippen LogP) is 1.97. The Morgan fingerprint density at radius 1 is 0.857 bits per heavy atom. The highest BCUT2D eigenvalue weighted by Crippen LogP contribution is 2.17. The maximum Gasteiger partial charge on any atom is 0.261 e. The third-order valence-electron chi connectivity index (χ3n) is 8.66. The molecule has 4 rings (SSSR count). The summed E-state index contributed by atoms with van der Waals surface area (Å²) in [5.74, 6) is 0.446. The maximum absolute atomic E-state index is 13.5. The molecule has 0 radical (unpaired) electrons. The summed E-state index contributed by atoms with van der Waals surface area (Å²) in [5.41, 5.74) is 3.08. The number of carbonyl (C=O) groups excluding carboxylic acids is 1. The van der Waals surface area contributed by atoms with Crippen molar-refractivity contribution in [3.8, 4) is 0 Å². The van der Waals surface area contributed by atoms with Gasteiger partial charge in [-0.2, -0.15) is 0 Å². The molecule has 1 aromatic heterocycles. The minimum absolute atomic E-state index is 0.0502. The second-order valence-electron chi connectivity index (χ2n) is 12.2. The van der Waals surface area contributed by atoms with Crippen LogP contribution in [-0.2, 0) is 36.8 Å². The molecule has 2 unspecified atom stereocenters. The van der Waals surface area contributed by atoms with Gasteiger partial charge in [0.25, 0.3) is 5.56 Å². The molecule has 49 heavy (non-hydrogen) atoms. The number of rotatable bonds is 9. The number of carbonyl (C=O) groups is 1. The molecular formula is C36H53N5O8. The van der Waals surface area contributed by atoms with Gasteiger partial charge in [0, 0.05) is 31.9 Å². The number of anilines is 1. The third kappa shape index (κ3) is 11.6. The second-order valence-corrected chi connectivity index (χ2v) is 12.2. The molecule has 2 heterocycles. The molecule has 1 amide bonds. The van der Waals surface area contributed by atoms with Crippen molar-refractivity contribution in [3.05, 3.63) is 69.8 Å². The highest BCUT2D eigenvalue weighted by atomic mass is 16.5. The number of benzene rings is 2. The Kier molecular flexibility index (Phi) is 16.1. The van der Waals surface area contributed by atoms with Crippen molar-refractivity contribution in [2.24, 2.45) is 0 Å². The number of nitrogens with zero attached hydrogens (tertiary/aromatic N) is 4. The molecule has 1 aliphatic heterocycles. The fourth-order valence-electron chi connectivity index (χ4n) is 5.84. The first-order chi connectivity index (χ1) is 23.8. The van der Waals surface area contributed by atoms with Crippen LogP contribution in [0.2, 0.25) is 0 Å². The molecule has 13 heteroatoms. The summed E-state index contributed by atoms with van der Waals surface area (Å²) in [6.45, 7) is 11.3. The topological polar surface area (TPSA) is 148 Å². The van der Waals surface area contributed by atoms with E-state index in [1.165, 1.54) is 4.57 Å². The number of aryl methyl sites for hydroxylation is 2.